The SMILES string of the molecule is CSCCCNCc1cc(Br)ccc1Cl. The lowest BCUT2D eigenvalue weighted by atomic mass is 10.2. The number of hydrogen-bond acceptors (Lipinski definition) is 2. The smallest absolute Gasteiger partial charge is 0.0451 e. The second-order valence-electron chi connectivity index (χ2n) is 3.26. The fourth-order valence-electron chi connectivity index (χ4n) is 1.24. The standard InChI is InChI=1S/C11H15BrClNS/c1-15-6-2-5-14-8-9-7-10(12)3-4-11(9)13/h3-4,7,14H,2,5-6,8H2,1H3. The van der Waals surface area contributed by atoms with Gasteiger partial charge in [0.15, 0.2) is 0 Å². The lowest BCUT2D eigenvalue weighted by Gasteiger charge is -2.06. The molecule has 1 N–H and O–H groups in total. The third-order valence-electron chi connectivity index (χ3n) is 2.03. The van der Waals surface area contributed by atoms with Crippen LogP contribution in [0.15, 0.2) is 22.7 Å². The fourth-order valence-corrected chi connectivity index (χ4v) is 2.27. The highest BCUT2D eigenvalue weighted by molar-refractivity contribution is 9.10. The van der Waals surface area contributed by atoms with Crippen molar-refractivity contribution in [2.45, 2.75) is 13.0 Å². The average Bonchev–Trinajstić information content (AvgIpc) is 2.23. The van der Waals surface area contributed by atoms with Crippen LogP contribution in [0.1, 0.15) is 12.0 Å². The molecule has 0 aliphatic rings. The number of hydrogen-bond donors (Lipinski definition) is 1. The normalized spacial score (nSPS) is 10.6. The molecule has 15 heavy (non-hydrogen) atoms. The zero-order chi connectivity index (χ0) is 11.1. The Labute approximate surface area is 109 Å². The quantitative estimate of drug-likeness (QED) is 0.799. The Bertz CT molecular complexity index is 307. The Morgan fingerprint density at radius 1 is 1.47 bits per heavy atom. The van der Waals surface area contributed by atoms with E-state index in [0.29, 0.717) is 0 Å². The van der Waals surface area contributed by atoms with E-state index >= 15 is 0 Å². The highest BCUT2D eigenvalue weighted by atomic mass is 79.9. The third-order valence-corrected chi connectivity index (χ3v) is 3.58. The van der Waals surface area contributed by atoms with Crippen molar-refractivity contribution in [3.63, 3.8) is 0 Å². The molecule has 0 saturated carbocycles. The summed E-state index contributed by atoms with van der Waals surface area (Å²) in [4.78, 5) is 0. The van der Waals surface area contributed by atoms with Gasteiger partial charge in [0.05, 0.1) is 0 Å². The minimum Gasteiger partial charge on any atom is -0.313 e. The molecule has 0 spiro atoms. The maximum Gasteiger partial charge on any atom is 0.0451 e. The van der Waals surface area contributed by atoms with Crippen molar-refractivity contribution in [1.82, 2.24) is 5.32 Å². The highest BCUT2D eigenvalue weighted by Gasteiger charge is 2.00. The Balaban J connectivity index is 2.33. The van der Waals surface area contributed by atoms with Crippen LogP contribution in [0, 0.1) is 0 Å². The summed E-state index contributed by atoms with van der Waals surface area (Å²) in [7, 11) is 0. The highest BCUT2D eigenvalue weighted by Crippen LogP contribution is 2.20. The molecule has 84 valence electrons. The van der Waals surface area contributed by atoms with Gasteiger partial charge in [-0.2, -0.15) is 11.8 Å². The molecule has 0 aliphatic carbocycles. The van der Waals surface area contributed by atoms with Gasteiger partial charge in [-0.1, -0.05) is 27.5 Å². The van der Waals surface area contributed by atoms with Crippen molar-refractivity contribution in [2.75, 3.05) is 18.6 Å². The zero-order valence-corrected chi connectivity index (χ0v) is 11.9. The van der Waals surface area contributed by atoms with Crippen molar-refractivity contribution in [3.8, 4) is 0 Å². The molecule has 0 saturated heterocycles. The second-order valence-corrected chi connectivity index (χ2v) is 5.57. The van der Waals surface area contributed by atoms with Gasteiger partial charge in [-0.25, -0.2) is 0 Å². The molecule has 0 fully saturated rings. The molecule has 0 aromatic heterocycles. The topological polar surface area (TPSA) is 12.0 Å². The summed E-state index contributed by atoms with van der Waals surface area (Å²) in [6.07, 6.45) is 3.33. The largest absolute Gasteiger partial charge is 0.313 e. The molecule has 0 amide bonds. The van der Waals surface area contributed by atoms with Crippen LogP contribution in [0.5, 0.6) is 0 Å². The van der Waals surface area contributed by atoms with E-state index in [1.165, 1.54) is 12.2 Å². The Hall–Kier alpha value is 0.300. The molecule has 0 unspecified atom stereocenters. The summed E-state index contributed by atoms with van der Waals surface area (Å²) in [5.74, 6) is 1.21. The van der Waals surface area contributed by atoms with Crippen LogP contribution in [0.3, 0.4) is 0 Å². The van der Waals surface area contributed by atoms with Crippen molar-refractivity contribution >= 4 is 39.3 Å². The molecule has 0 radical (unpaired) electrons. The van der Waals surface area contributed by atoms with Crippen LogP contribution in [0.4, 0.5) is 0 Å². The number of rotatable bonds is 6. The maximum absolute atomic E-state index is 6.07. The minimum absolute atomic E-state index is 0.829. The van der Waals surface area contributed by atoms with Gasteiger partial charge in [-0.15, -0.1) is 0 Å². The third kappa shape index (κ3) is 5.25. The van der Waals surface area contributed by atoms with Gasteiger partial charge in [-0.05, 0) is 48.7 Å². The van der Waals surface area contributed by atoms with Gasteiger partial charge in [0, 0.05) is 16.0 Å². The first kappa shape index (κ1) is 13.4. The maximum atomic E-state index is 6.07. The van der Waals surface area contributed by atoms with Gasteiger partial charge in [-0.3, -0.25) is 0 Å². The van der Waals surface area contributed by atoms with Crippen molar-refractivity contribution < 1.29 is 0 Å². The first-order valence-electron chi connectivity index (χ1n) is 4.87. The monoisotopic (exact) mass is 307 g/mol. The van der Waals surface area contributed by atoms with E-state index in [1.54, 1.807) is 0 Å². The molecule has 4 heteroatoms. The van der Waals surface area contributed by atoms with Crippen LogP contribution in [-0.4, -0.2) is 18.6 Å². The molecule has 1 aromatic carbocycles. The Morgan fingerprint density at radius 3 is 3.00 bits per heavy atom. The summed E-state index contributed by atoms with van der Waals surface area (Å²) >= 11 is 11.4. The molecule has 1 aromatic rings. The fraction of sp³-hybridized carbons (Fsp3) is 0.455. The van der Waals surface area contributed by atoms with Crippen LogP contribution in [-0.2, 0) is 6.54 Å². The molecule has 0 heterocycles. The van der Waals surface area contributed by atoms with Crippen LogP contribution in [0.25, 0.3) is 0 Å². The number of nitrogens with one attached hydrogen (secondary N) is 1. The minimum atomic E-state index is 0.829. The molecular weight excluding hydrogens is 294 g/mol. The first-order chi connectivity index (χ1) is 7.24. The van der Waals surface area contributed by atoms with Gasteiger partial charge in [0.1, 0.15) is 0 Å². The van der Waals surface area contributed by atoms with E-state index in [0.717, 1.165) is 28.1 Å². The van der Waals surface area contributed by atoms with Crippen LogP contribution in [0.2, 0.25) is 5.02 Å². The second kappa shape index (κ2) is 7.55. The molecule has 0 atom stereocenters. The molecule has 1 rings (SSSR count). The summed E-state index contributed by atoms with van der Waals surface area (Å²) < 4.78 is 1.08. The summed E-state index contributed by atoms with van der Waals surface area (Å²) in [5, 5.41) is 4.22. The van der Waals surface area contributed by atoms with E-state index in [-0.39, 0.29) is 0 Å². The summed E-state index contributed by atoms with van der Waals surface area (Å²) in [6, 6.07) is 5.94. The van der Waals surface area contributed by atoms with E-state index in [2.05, 4.69) is 33.6 Å². The summed E-state index contributed by atoms with van der Waals surface area (Å²) in [6.45, 7) is 1.89. The molecule has 1 nitrogen and oxygen atoms in total. The lowest BCUT2D eigenvalue weighted by Crippen LogP contribution is -2.15. The Kier molecular flexibility index (Phi) is 6.73. The van der Waals surface area contributed by atoms with Gasteiger partial charge < -0.3 is 5.32 Å². The molecule has 0 aliphatic heterocycles. The molecular formula is C11H15BrClNS. The van der Waals surface area contributed by atoms with E-state index in [4.69, 9.17) is 11.6 Å². The lowest BCUT2D eigenvalue weighted by molar-refractivity contribution is 0.679. The van der Waals surface area contributed by atoms with Crippen LogP contribution < -0.4 is 5.32 Å². The van der Waals surface area contributed by atoms with Gasteiger partial charge in [0.2, 0.25) is 0 Å². The van der Waals surface area contributed by atoms with E-state index in [9.17, 15) is 0 Å². The van der Waals surface area contributed by atoms with Gasteiger partial charge in [0.25, 0.3) is 0 Å². The predicted molar refractivity (Wildman–Crippen MR) is 73.9 cm³/mol. The number of benzene rings is 1. The van der Waals surface area contributed by atoms with Crippen molar-refractivity contribution in [3.05, 3.63) is 33.3 Å². The van der Waals surface area contributed by atoms with Gasteiger partial charge >= 0.3 is 0 Å². The average molecular weight is 309 g/mol. The van der Waals surface area contributed by atoms with E-state index < -0.39 is 0 Å². The molecule has 0 bridgehead atoms. The number of thioether (sulfide) groups is 1. The van der Waals surface area contributed by atoms with Crippen molar-refractivity contribution in [1.29, 1.82) is 0 Å². The van der Waals surface area contributed by atoms with E-state index in [1.807, 2.05) is 23.9 Å². The predicted octanol–water partition coefficient (Wildman–Crippen LogP) is 3.95. The van der Waals surface area contributed by atoms with Crippen LogP contribution >= 0.6 is 39.3 Å². The van der Waals surface area contributed by atoms with Crippen molar-refractivity contribution in [2.24, 2.45) is 0 Å². The Morgan fingerprint density at radius 2 is 2.27 bits per heavy atom. The zero-order valence-electron chi connectivity index (χ0n) is 8.72. The summed E-state index contributed by atoms with van der Waals surface area (Å²) in [5.41, 5.74) is 1.15. The number of halogens is 2. The first-order valence-corrected chi connectivity index (χ1v) is 7.44.